The van der Waals surface area contributed by atoms with Gasteiger partial charge in [0.2, 0.25) is 0 Å². The Labute approximate surface area is 325 Å². The molecule has 0 fully saturated rings. The minimum atomic E-state index is 0. The van der Waals surface area contributed by atoms with E-state index in [-0.39, 0.29) is 24.8 Å². The van der Waals surface area contributed by atoms with E-state index in [0.717, 1.165) is 19.3 Å². The van der Waals surface area contributed by atoms with Crippen LogP contribution in [-0.4, -0.2) is 3.21 Å². The van der Waals surface area contributed by atoms with E-state index in [1.807, 2.05) is 0 Å². The number of rotatable bonds is 6. The summed E-state index contributed by atoms with van der Waals surface area (Å²) < 4.78 is 1.42. The van der Waals surface area contributed by atoms with E-state index in [1.165, 1.54) is 93.5 Å². The van der Waals surface area contributed by atoms with Crippen LogP contribution < -0.4 is 24.8 Å². The zero-order valence-electron chi connectivity index (χ0n) is 28.5. The maximum atomic E-state index is 3.32. The first kappa shape index (κ1) is 38.8. The summed E-state index contributed by atoms with van der Waals surface area (Å²) in [7, 11) is 0. The predicted molar refractivity (Wildman–Crippen MR) is 204 cm³/mol. The molecule has 0 saturated carbocycles. The number of hydrogen-bond acceptors (Lipinski definition) is 0. The molecule has 0 heterocycles. The molecular weight excluding hydrogens is 727 g/mol. The van der Waals surface area contributed by atoms with Crippen LogP contribution in [0.15, 0.2) is 170 Å². The number of aryl methyl sites for hydroxylation is 2. The molecule has 0 atom stereocenters. The molecule has 7 aromatic carbocycles. The summed E-state index contributed by atoms with van der Waals surface area (Å²) in [5.74, 6) is 0. The number of halogens is 2. The van der Waals surface area contributed by atoms with Crippen molar-refractivity contribution in [2.45, 2.75) is 33.1 Å². The van der Waals surface area contributed by atoms with Crippen LogP contribution >= 0.6 is 0 Å². The molecule has 0 N–H and O–H groups in total. The summed E-state index contributed by atoms with van der Waals surface area (Å²) in [6.45, 7) is 4.41. The minimum absolute atomic E-state index is 0. The fraction of sp³-hybridized carbons (Fsp3) is 0.106. The normalized spacial score (nSPS) is 11.5. The van der Waals surface area contributed by atoms with Crippen LogP contribution in [0.25, 0.3) is 32.7 Å². The number of fused-ring (bicyclic) bond motifs is 3. The average Bonchev–Trinajstić information content (AvgIpc) is 3.81. The van der Waals surface area contributed by atoms with Gasteiger partial charge in [-0.15, -0.1) is 57.3 Å². The molecular formula is C47H40Cl2Zr-2. The van der Waals surface area contributed by atoms with Gasteiger partial charge in [-0.05, 0) is 18.4 Å². The molecule has 3 heteroatoms. The van der Waals surface area contributed by atoms with Gasteiger partial charge in [0, 0.05) is 0 Å². The van der Waals surface area contributed by atoms with Crippen molar-refractivity contribution in [1.82, 2.24) is 0 Å². The zero-order valence-corrected chi connectivity index (χ0v) is 32.5. The van der Waals surface area contributed by atoms with Crippen LogP contribution in [0.3, 0.4) is 0 Å². The average molecular weight is 767 g/mol. The van der Waals surface area contributed by atoms with E-state index >= 15 is 0 Å². The van der Waals surface area contributed by atoms with E-state index in [4.69, 9.17) is 0 Å². The summed E-state index contributed by atoms with van der Waals surface area (Å²) in [4.78, 5) is 0. The van der Waals surface area contributed by atoms with Crippen LogP contribution in [-0.2, 0) is 37.1 Å². The van der Waals surface area contributed by atoms with Crippen LogP contribution in [0.4, 0.5) is 0 Å². The second-order valence-corrected chi connectivity index (χ2v) is 13.2. The van der Waals surface area contributed by atoms with Crippen molar-refractivity contribution in [2.24, 2.45) is 0 Å². The van der Waals surface area contributed by atoms with E-state index in [2.05, 4.69) is 190 Å². The molecule has 0 amide bonds. The van der Waals surface area contributed by atoms with Gasteiger partial charge in [0.1, 0.15) is 0 Å². The third-order valence-corrected chi connectivity index (χ3v) is 10.3. The topological polar surface area (TPSA) is 0 Å². The second-order valence-electron chi connectivity index (χ2n) is 12.0. The molecule has 248 valence electrons. The van der Waals surface area contributed by atoms with Crippen molar-refractivity contribution in [2.75, 3.05) is 0 Å². The molecule has 8 rings (SSSR count). The van der Waals surface area contributed by atoms with Crippen LogP contribution in [0.2, 0.25) is 0 Å². The Morgan fingerprint density at radius 1 is 0.560 bits per heavy atom. The first-order chi connectivity index (χ1) is 23.6. The Balaban J connectivity index is 0.000000166. The van der Waals surface area contributed by atoms with Gasteiger partial charge in [-0.3, -0.25) is 6.08 Å². The van der Waals surface area contributed by atoms with Gasteiger partial charge in [0.25, 0.3) is 0 Å². The molecule has 0 saturated heterocycles. The monoisotopic (exact) mass is 764 g/mol. The van der Waals surface area contributed by atoms with Gasteiger partial charge in [-0.2, -0.15) is 5.57 Å². The summed E-state index contributed by atoms with van der Waals surface area (Å²) in [5, 5.41) is 5.54. The Morgan fingerprint density at radius 3 is 1.42 bits per heavy atom. The fourth-order valence-electron chi connectivity index (χ4n) is 6.15. The third-order valence-electron chi connectivity index (χ3n) is 8.83. The van der Waals surface area contributed by atoms with Crippen molar-refractivity contribution in [3.05, 3.63) is 209 Å². The van der Waals surface area contributed by atoms with E-state index < -0.39 is 0 Å². The molecule has 0 aromatic heterocycles. The van der Waals surface area contributed by atoms with Crippen molar-refractivity contribution in [3.8, 4) is 0 Å². The summed E-state index contributed by atoms with van der Waals surface area (Å²) in [6.07, 6.45) is 8.56. The molecule has 0 bridgehead atoms. The van der Waals surface area contributed by atoms with Gasteiger partial charge >= 0.3 is 99.2 Å². The zero-order chi connectivity index (χ0) is 33.1. The Morgan fingerprint density at radius 2 is 0.980 bits per heavy atom. The third kappa shape index (κ3) is 9.61. The maximum absolute atomic E-state index is 3.32. The molecule has 50 heavy (non-hydrogen) atoms. The first-order valence-corrected chi connectivity index (χ1v) is 18.1. The van der Waals surface area contributed by atoms with Gasteiger partial charge in [-0.1, -0.05) is 110 Å². The summed E-state index contributed by atoms with van der Waals surface area (Å²) in [5.41, 5.74) is 10.7. The molecule has 1 aliphatic carbocycles. The summed E-state index contributed by atoms with van der Waals surface area (Å²) >= 11 is 1.46. The van der Waals surface area contributed by atoms with Crippen molar-refractivity contribution < 1.29 is 49.0 Å². The fourth-order valence-corrected chi connectivity index (χ4v) is 6.97. The SMILES string of the molecule is CCc1ccc2c(c1)[cH-]c1cc(CC)ccc12.[C-]1=CC(c2ccccc2)=C(c2ccccc2)C1.[Cl-].[Cl-].[Zr+2]=[C](c1ccccc1)c1ccccc1. The van der Waals surface area contributed by atoms with Crippen LogP contribution in [0, 0.1) is 6.08 Å². The molecule has 0 aliphatic heterocycles. The first-order valence-electron chi connectivity index (χ1n) is 16.9. The molecule has 0 nitrogen and oxygen atoms in total. The van der Waals surface area contributed by atoms with Gasteiger partial charge in [0.05, 0.1) is 0 Å². The number of hydrogen-bond donors (Lipinski definition) is 0. The van der Waals surface area contributed by atoms with Gasteiger partial charge in [-0.25, -0.2) is 6.08 Å². The predicted octanol–water partition coefficient (Wildman–Crippen LogP) is 6.01. The summed E-state index contributed by atoms with van der Waals surface area (Å²) in [6, 6.07) is 58.2. The Hall–Kier alpha value is -4.00. The molecule has 7 aromatic rings. The molecule has 0 unspecified atom stereocenters. The van der Waals surface area contributed by atoms with Crippen LogP contribution in [0.5, 0.6) is 0 Å². The number of allylic oxidation sites excluding steroid dienone is 4. The molecule has 1 aliphatic rings. The van der Waals surface area contributed by atoms with E-state index in [1.54, 1.807) is 0 Å². The Bertz CT molecular complexity index is 2060. The molecule has 0 spiro atoms. The second kappa shape index (κ2) is 19.4. The van der Waals surface area contributed by atoms with Crippen molar-refractivity contribution in [3.63, 3.8) is 0 Å². The van der Waals surface area contributed by atoms with E-state index in [9.17, 15) is 0 Å². The quantitative estimate of drug-likeness (QED) is 0.182. The van der Waals surface area contributed by atoms with E-state index in [0.29, 0.717) is 0 Å². The van der Waals surface area contributed by atoms with Crippen molar-refractivity contribution >= 4 is 35.9 Å². The Kier molecular flexibility index (Phi) is 15.1. The van der Waals surface area contributed by atoms with Gasteiger partial charge < -0.3 is 24.8 Å². The number of benzene rings is 6. The standard InChI is InChI=1S/C17H17.C17H13.C13H10.2ClH.Zr/c1-3-12-5-7-16-14(9-12)11-15-10-13(4-2)6-8-17(15)16;1-3-8-14(9-4-1)16-12-7-13-17(16)15-10-5-2-6-11-15;1-3-7-12(8-4-1)11-13-9-5-2-6-10-13;;;/h5-11H,3-4H2,1-2H3;1-6,8-12H,13H2;1-10H;2*1H;/q2*-1;;;;+2/p-2. The van der Waals surface area contributed by atoms with Crippen LogP contribution in [0.1, 0.15) is 53.6 Å². The van der Waals surface area contributed by atoms with Crippen molar-refractivity contribution in [1.29, 1.82) is 0 Å². The van der Waals surface area contributed by atoms with Gasteiger partial charge in [0.15, 0.2) is 0 Å². The molecule has 0 radical (unpaired) electrons.